The molecule has 0 aliphatic rings. The maximum Gasteiger partial charge on any atom is 0.328 e. The van der Waals surface area contributed by atoms with Crippen LogP contribution in [-0.2, 0) is 24.0 Å². The third-order valence-corrected chi connectivity index (χ3v) is 3.28. The van der Waals surface area contributed by atoms with Crippen LogP contribution in [0.5, 0.6) is 0 Å². The minimum absolute atomic E-state index is 0.696. The van der Waals surface area contributed by atoms with Crippen molar-refractivity contribution in [2.75, 3.05) is 6.54 Å². The Kier molecular flexibility index (Phi) is 9.92. The van der Waals surface area contributed by atoms with Crippen LogP contribution < -0.4 is 21.7 Å². The van der Waals surface area contributed by atoms with Crippen molar-refractivity contribution >= 4 is 29.7 Å². The molecule has 13 nitrogen and oxygen atoms in total. The number of amides is 3. The number of nitrogens with one attached hydrogen (secondary N) is 3. The van der Waals surface area contributed by atoms with Crippen molar-refractivity contribution in [2.45, 2.75) is 50.6 Å². The van der Waals surface area contributed by atoms with Gasteiger partial charge in [-0.25, -0.2) is 4.79 Å². The van der Waals surface area contributed by atoms with Crippen molar-refractivity contribution in [2.24, 2.45) is 5.73 Å². The van der Waals surface area contributed by atoms with E-state index >= 15 is 0 Å². The molecular formula is C14H24N4O9. The third kappa shape index (κ3) is 8.94. The minimum atomic E-state index is -1.59. The van der Waals surface area contributed by atoms with Crippen molar-refractivity contribution in [3.05, 3.63) is 0 Å². The van der Waals surface area contributed by atoms with Crippen LogP contribution in [0.4, 0.5) is 0 Å². The SMILES string of the molecule is CC(O)C(NC(=O)CNC(=O)C(NC(=O)C(N)CC(=O)O)C(C)O)C(=O)O. The van der Waals surface area contributed by atoms with Crippen LogP contribution in [0.1, 0.15) is 20.3 Å². The van der Waals surface area contributed by atoms with Gasteiger partial charge in [-0.3, -0.25) is 19.2 Å². The lowest BCUT2D eigenvalue weighted by Gasteiger charge is -2.22. The second-order valence-electron chi connectivity index (χ2n) is 5.77. The monoisotopic (exact) mass is 392 g/mol. The second kappa shape index (κ2) is 11.1. The topological polar surface area (TPSA) is 228 Å². The normalized spacial score (nSPS) is 16.2. The van der Waals surface area contributed by atoms with E-state index in [1.165, 1.54) is 6.92 Å². The van der Waals surface area contributed by atoms with Crippen LogP contribution in [-0.4, -0.2) is 87.0 Å². The maximum absolute atomic E-state index is 12.0. The molecule has 0 aromatic carbocycles. The van der Waals surface area contributed by atoms with Gasteiger partial charge < -0.3 is 42.1 Å². The maximum atomic E-state index is 12.0. The summed E-state index contributed by atoms with van der Waals surface area (Å²) in [5.41, 5.74) is 5.35. The van der Waals surface area contributed by atoms with E-state index < -0.39 is 73.0 Å². The molecule has 0 heterocycles. The third-order valence-electron chi connectivity index (χ3n) is 3.28. The zero-order chi connectivity index (χ0) is 21.3. The number of aliphatic hydroxyl groups is 2. The number of carbonyl (C=O) groups excluding carboxylic acids is 3. The molecule has 13 heteroatoms. The predicted molar refractivity (Wildman–Crippen MR) is 88.1 cm³/mol. The number of aliphatic carboxylic acids is 2. The lowest BCUT2D eigenvalue weighted by molar-refractivity contribution is -0.144. The van der Waals surface area contributed by atoms with E-state index in [0.29, 0.717) is 0 Å². The molecule has 0 bridgehead atoms. The van der Waals surface area contributed by atoms with E-state index in [1.807, 2.05) is 5.32 Å². The van der Waals surface area contributed by atoms with Crippen LogP contribution in [0.15, 0.2) is 0 Å². The summed E-state index contributed by atoms with van der Waals surface area (Å²) in [6.45, 7) is 1.62. The summed E-state index contributed by atoms with van der Waals surface area (Å²) in [4.78, 5) is 56.9. The van der Waals surface area contributed by atoms with Crippen LogP contribution in [0.25, 0.3) is 0 Å². The number of carboxylic acid groups (broad SMARTS) is 2. The molecule has 0 saturated carbocycles. The van der Waals surface area contributed by atoms with E-state index in [9.17, 15) is 34.2 Å². The standard InChI is InChI=1S/C14H24N4O9/c1-5(19)10(18-12(24)7(15)3-9(22)23)13(25)16-4-8(21)17-11(6(2)20)14(26)27/h5-7,10-11,19-20H,3-4,15H2,1-2H3,(H,16,25)(H,17,21)(H,18,24)(H,22,23)(H,26,27). The van der Waals surface area contributed by atoms with E-state index in [1.54, 1.807) is 0 Å². The minimum Gasteiger partial charge on any atom is -0.481 e. The number of hydrogen-bond donors (Lipinski definition) is 8. The zero-order valence-electron chi connectivity index (χ0n) is 14.7. The summed E-state index contributed by atoms with van der Waals surface area (Å²) in [7, 11) is 0. The second-order valence-corrected chi connectivity index (χ2v) is 5.77. The molecule has 0 aliphatic heterocycles. The Morgan fingerprint density at radius 3 is 1.81 bits per heavy atom. The van der Waals surface area contributed by atoms with Crippen LogP contribution in [0.2, 0.25) is 0 Å². The highest BCUT2D eigenvalue weighted by Gasteiger charge is 2.29. The Bertz CT molecular complexity index is 579. The Labute approximate surface area is 153 Å². The van der Waals surface area contributed by atoms with Gasteiger partial charge in [-0.1, -0.05) is 0 Å². The summed E-state index contributed by atoms with van der Waals surface area (Å²) in [5, 5.41) is 42.4. The lowest BCUT2D eigenvalue weighted by atomic mass is 10.1. The van der Waals surface area contributed by atoms with Gasteiger partial charge >= 0.3 is 11.9 Å². The van der Waals surface area contributed by atoms with E-state index in [-0.39, 0.29) is 0 Å². The van der Waals surface area contributed by atoms with Gasteiger partial charge in [-0.05, 0) is 13.8 Å². The first kappa shape index (κ1) is 24.2. The van der Waals surface area contributed by atoms with Crippen molar-refractivity contribution in [3.63, 3.8) is 0 Å². The average molecular weight is 392 g/mol. The smallest absolute Gasteiger partial charge is 0.328 e. The molecule has 0 saturated heterocycles. The van der Waals surface area contributed by atoms with Crippen molar-refractivity contribution in [1.82, 2.24) is 16.0 Å². The van der Waals surface area contributed by atoms with Gasteiger partial charge in [0.25, 0.3) is 0 Å². The van der Waals surface area contributed by atoms with Gasteiger partial charge in [0.15, 0.2) is 6.04 Å². The van der Waals surface area contributed by atoms with Crippen molar-refractivity contribution < 1.29 is 44.4 Å². The van der Waals surface area contributed by atoms with Gasteiger partial charge in [-0.2, -0.15) is 0 Å². The molecule has 9 N–H and O–H groups in total. The fourth-order valence-electron chi connectivity index (χ4n) is 1.84. The van der Waals surface area contributed by atoms with Crippen molar-refractivity contribution in [1.29, 1.82) is 0 Å². The molecular weight excluding hydrogens is 368 g/mol. The molecule has 0 rings (SSSR count). The molecule has 0 aliphatic carbocycles. The van der Waals surface area contributed by atoms with Crippen LogP contribution >= 0.6 is 0 Å². The molecule has 27 heavy (non-hydrogen) atoms. The summed E-state index contributed by atoms with van der Waals surface area (Å²) in [5.74, 6) is -5.73. The van der Waals surface area contributed by atoms with E-state index in [4.69, 9.17) is 15.9 Å². The quantitative estimate of drug-likeness (QED) is 0.169. The highest BCUT2D eigenvalue weighted by molar-refractivity contribution is 5.93. The first-order valence-corrected chi connectivity index (χ1v) is 7.80. The Hall–Kier alpha value is -2.77. The number of nitrogens with two attached hydrogens (primary N) is 1. The fourth-order valence-corrected chi connectivity index (χ4v) is 1.84. The van der Waals surface area contributed by atoms with E-state index in [2.05, 4.69) is 10.6 Å². The van der Waals surface area contributed by atoms with Gasteiger partial charge in [0.1, 0.15) is 6.04 Å². The van der Waals surface area contributed by atoms with E-state index in [0.717, 1.165) is 6.92 Å². The Morgan fingerprint density at radius 2 is 1.41 bits per heavy atom. The predicted octanol–water partition coefficient (Wildman–Crippen LogP) is -4.28. The zero-order valence-corrected chi connectivity index (χ0v) is 14.7. The first-order chi connectivity index (χ1) is 12.4. The first-order valence-electron chi connectivity index (χ1n) is 7.80. The summed E-state index contributed by atoms with van der Waals surface area (Å²) in [6, 6.07) is -4.57. The summed E-state index contributed by atoms with van der Waals surface area (Å²) in [6.07, 6.45) is -3.49. The summed E-state index contributed by atoms with van der Waals surface area (Å²) < 4.78 is 0. The number of hydrogen-bond acceptors (Lipinski definition) is 8. The highest BCUT2D eigenvalue weighted by atomic mass is 16.4. The Morgan fingerprint density at radius 1 is 0.889 bits per heavy atom. The molecule has 0 radical (unpaired) electrons. The number of aliphatic hydroxyl groups excluding tert-OH is 2. The molecule has 0 aromatic heterocycles. The van der Waals surface area contributed by atoms with Crippen LogP contribution in [0.3, 0.4) is 0 Å². The van der Waals surface area contributed by atoms with Gasteiger partial charge in [0, 0.05) is 0 Å². The number of carbonyl (C=O) groups is 5. The molecule has 5 unspecified atom stereocenters. The molecule has 3 amide bonds. The summed E-state index contributed by atoms with van der Waals surface area (Å²) >= 11 is 0. The highest BCUT2D eigenvalue weighted by Crippen LogP contribution is 1.97. The van der Waals surface area contributed by atoms with Gasteiger partial charge in [-0.15, -0.1) is 0 Å². The fraction of sp³-hybridized carbons (Fsp3) is 0.643. The molecule has 5 atom stereocenters. The van der Waals surface area contributed by atoms with Crippen LogP contribution in [0, 0.1) is 0 Å². The average Bonchev–Trinajstić information content (AvgIpc) is 2.53. The Balaban J connectivity index is 4.77. The largest absolute Gasteiger partial charge is 0.481 e. The van der Waals surface area contributed by atoms with Gasteiger partial charge in [0.2, 0.25) is 17.7 Å². The van der Waals surface area contributed by atoms with Gasteiger partial charge in [0.05, 0.1) is 31.2 Å². The lowest BCUT2D eigenvalue weighted by Crippen LogP contribution is -2.57. The molecule has 0 spiro atoms. The molecule has 154 valence electrons. The van der Waals surface area contributed by atoms with Crippen molar-refractivity contribution in [3.8, 4) is 0 Å². The number of carboxylic acids is 2. The number of rotatable bonds is 11. The molecule has 0 aromatic rings. The molecule has 0 fully saturated rings.